The minimum absolute atomic E-state index is 0.0695. The van der Waals surface area contributed by atoms with Crippen LogP contribution in [0, 0.1) is 6.92 Å². The predicted octanol–water partition coefficient (Wildman–Crippen LogP) is 1.97. The molecule has 0 aliphatic rings. The fourth-order valence-electron chi connectivity index (χ4n) is 1.78. The molecule has 1 heterocycles. The van der Waals surface area contributed by atoms with Gasteiger partial charge in [-0.15, -0.1) is 0 Å². The molecule has 0 aliphatic heterocycles. The van der Waals surface area contributed by atoms with Crippen LogP contribution in [0.1, 0.15) is 21.6 Å². The van der Waals surface area contributed by atoms with Crippen LogP contribution in [0.25, 0.3) is 0 Å². The maximum atomic E-state index is 12.4. The van der Waals surface area contributed by atoms with Crippen LogP contribution in [0.4, 0.5) is 0 Å². The number of aromatic nitrogens is 2. The topological polar surface area (TPSA) is 44.1 Å². The van der Waals surface area contributed by atoms with E-state index < -0.39 is 0 Å². The van der Waals surface area contributed by atoms with Gasteiger partial charge >= 0.3 is 0 Å². The smallest absolute Gasteiger partial charge is 0.215 e. The Morgan fingerprint density at radius 2 is 2.06 bits per heavy atom. The van der Waals surface area contributed by atoms with E-state index in [1.165, 1.54) is 11.8 Å². The molecule has 0 spiro atoms. The molecule has 0 saturated carbocycles. The van der Waals surface area contributed by atoms with Gasteiger partial charge in [0.15, 0.2) is 11.4 Å². The molecule has 0 saturated heterocycles. The van der Waals surface area contributed by atoms with Crippen LogP contribution in [0.15, 0.2) is 30.5 Å². The van der Waals surface area contributed by atoms with Crippen LogP contribution in [0.5, 0.6) is 5.75 Å². The van der Waals surface area contributed by atoms with E-state index in [4.69, 9.17) is 4.74 Å². The van der Waals surface area contributed by atoms with Crippen LogP contribution in [-0.4, -0.2) is 22.7 Å². The largest absolute Gasteiger partial charge is 0.493 e. The Kier molecular flexibility index (Phi) is 2.95. The van der Waals surface area contributed by atoms with E-state index in [-0.39, 0.29) is 5.78 Å². The quantitative estimate of drug-likeness (QED) is 0.757. The predicted molar refractivity (Wildman–Crippen MR) is 64.4 cm³/mol. The van der Waals surface area contributed by atoms with Crippen LogP contribution < -0.4 is 4.74 Å². The highest BCUT2D eigenvalue weighted by molar-refractivity contribution is 6.10. The van der Waals surface area contributed by atoms with Gasteiger partial charge in [0.1, 0.15) is 0 Å². The third kappa shape index (κ3) is 1.93. The van der Waals surface area contributed by atoms with E-state index in [0.717, 1.165) is 5.56 Å². The number of hydrogen-bond acceptors (Lipinski definition) is 3. The van der Waals surface area contributed by atoms with Crippen molar-refractivity contribution >= 4 is 5.78 Å². The molecule has 0 unspecified atom stereocenters. The lowest BCUT2D eigenvalue weighted by molar-refractivity contribution is 0.102. The minimum atomic E-state index is -0.0695. The first-order valence-corrected chi connectivity index (χ1v) is 5.31. The average Bonchev–Trinajstić information content (AvgIpc) is 2.70. The van der Waals surface area contributed by atoms with Gasteiger partial charge in [-0.2, -0.15) is 5.10 Å². The van der Waals surface area contributed by atoms with Crippen molar-refractivity contribution in [1.82, 2.24) is 9.78 Å². The number of nitrogens with zero attached hydrogens (tertiary/aromatic N) is 2. The number of ether oxygens (including phenoxy) is 1. The second-order valence-electron chi connectivity index (χ2n) is 3.83. The zero-order chi connectivity index (χ0) is 12.4. The van der Waals surface area contributed by atoms with Gasteiger partial charge in [0.05, 0.1) is 13.3 Å². The summed E-state index contributed by atoms with van der Waals surface area (Å²) in [5.74, 6) is 0.431. The van der Waals surface area contributed by atoms with E-state index in [0.29, 0.717) is 17.0 Å². The lowest BCUT2D eigenvalue weighted by Gasteiger charge is -2.06. The normalized spacial score (nSPS) is 10.3. The molecule has 0 radical (unpaired) electrons. The summed E-state index contributed by atoms with van der Waals surface area (Å²) in [6, 6.07) is 7.48. The van der Waals surface area contributed by atoms with Gasteiger partial charge < -0.3 is 4.74 Å². The average molecular weight is 230 g/mol. The molecule has 0 N–H and O–H groups in total. The Bertz CT molecular complexity index is 558. The Hall–Kier alpha value is -2.10. The summed E-state index contributed by atoms with van der Waals surface area (Å²) < 4.78 is 6.68. The highest BCUT2D eigenvalue weighted by Gasteiger charge is 2.20. The van der Waals surface area contributed by atoms with Crippen molar-refractivity contribution in [2.45, 2.75) is 6.92 Å². The first kappa shape index (κ1) is 11.4. The summed E-state index contributed by atoms with van der Waals surface area (Å²) in [7, 11) is 3.26. The minimum Gasteiger partial charge on any atom is -0.493 e. The van der Waals surface area contributed by atoms with Gasteiger partial charge in [0.25, 0.3) is 0 Å². The Labute approximate surface area is 99.8 Å². The summed E-state index contributed by atoms with van der Waals surface area (Å²) in [5, 5.41) is 4.03. The van der Waals surface area contributed by atoms with Crippen molar-refractivity contribution in [3.05, 3.63) is 47.3 Å². The molecule has 0 fully saturated rings. The molecule has 2 aromatic rings. The molecule has 2 rings (SSSR count). The summed E-state index contributed by atoms with van der Waals surface area (Å²) in [6.45, 7) is 1.91. The van der Waals surface area contributed by atoms with Gasteiger partial charge in [0, 0.05) is 12.6 Å². The van der Waals surface area contributed by atoms with E-state index in [9.17, 15) is 4.79 Å². The molecule has 0 aliphatic carbocycles. The first-order chi connectivity index (χ1) is 8.15. The van der Waals surface area contributed by atoms with Crippen molar-refractivity contribution < 1.29 is 9.53 Å². The third-order valence-corrected chi connectivity index (χ3v) is 2.73. The van der Waals surface area contributed by atoms with Gasteiger partial charge in [0.2, 0.25) is 5.78 Å². The third-order valence-electron chi connectivity index (χ3n) is 2.73. The van der Waals surface area contributed by atoms with E-state index in [2.05, 4.69) is 5.10 Å². The summed E-state index contributed by atoms with van der Waals surface area (Å²) in [4.78, 5) is 12.4. The number of benzene rings is 1. The number of methoxy groups -OCH3 is 1. The van der Waals surface area contributed by atoms with Crippen molar-refractivity contribution in [2.75, 3.05) is 7.11 Å². The Morgan fingerprint density at radius 1 is 1.35 bits per heavy atom. The van der Waals surface area contributed by atoms with Crippen molar-refractivity contribution in [3.63, 3.8) is 0 Å². The molecular weight excluding hydrogens is 216 g/mol. The zero-order valence-electron chi connectivity index (χ0n) is 10.1. The lowest BCUT2D eigenvalue weighted by Crippen LogP contribution is -2.10. The van der Waals surface area contributed by atoms with E-state index >= 15 is 0 Å². The molecule has 17 heavy (non-hydrogen) atoms. The lowest BCUT2D eigenvalue weighted by atomic mass is 10.0. The number of ketones is 1. The summed E-state index contributed by atoms with van der Waals surface area (Å²) in [5.41, 5.74) is 2.09. The molecular formula is C13H14N2O2. The van der Waals surface area contributed by atoms with Crippen molar-refractivity contribution in [2.24, 2.45) is 7.05 Å². The summed E-state index contributed by atoms with van der Waals surface area (Å²) >= 11 is 0. The van der Waals surface area contributed by atoms with Gasteiger partial charge in [-0.25, -0.2) is 0 Å². The molecule has 4 heteroatoms. The van der Waals surface area contributed by atoms with Crippen LogP contribution in [0.2, 0.25) is 0 Å². The van der Waals surface area contributed by atoms with Crippen molar-refractivity contribution in [1.29, 1.82) is 0 Å². The zero-order valence-corrected chi connectivity index (χ0v) is 10.1. The second-order valence-corrected chi connectivity index (χ2v) is 3.83. The molecule has 88 valence electrons. The molecule has 1 aromatic heterocycles. The van der Waals surface area contributed by atoms with Gasteiger partial charge in [-0.3, -0.25) is 9.48 Å². The molecule has 0 atom stereocenters. The highest BCUT2D eigenvalue weighted by Crippen LogP contribution is 2.21. The highest BCUT2D eigenvalue weighted by atomic mass is 16.5. The van der Waals surface area contributed by atoms with Gasteiger partial charge in [-0.1, -0.05) is 24.3 Å². The van der Waals surface area contributed by atoms with Crippen LogP contribution in [0.3, 0.4) is 0 Å². The molecule has 4 nitrogen and oxygen atoms in total. The number of carbonyl (C=O) groups excluding carboxylic acids is 1. The SMILES string of the molecule is COc1cnn(C)c1C(=O)c1ccccc1C. The fourth-order valence-corrected chi connectivity index (χ4v) is 1.78. The number of hydrogen-bond donors (Lipinski definition) is 0. The van der Waals surface area contributed by atoms with Crippen molar-refractivity contribution in [3.8, 4) is 5.75 Å². The van der Waals surface area contributed by atoms with E-state index in [1.54, 1.807) is 13.2 Å². The monoisotopic (exact) mass is 230 g/mol. The summed E-state index contributed by atoms with van der Waals surface area (Å²) in [6.07, 6.45) is 1.55. The number of carbonyl (C=O) groups is 1. The maximum absolute atomic E-state index is 12.4. The Morgan fingerprint density at radius 3 is 2.71 bits per heavy atom. The molecule has 0 bridgehead atoms. The van der Waals surface area contributed by atoms with Crippen LogP contribution >= 0.6 is 0 Å². The van der Waals surface area contributed by atoms with Gasteiger partial charge in [-0.05, 0) is 12.5 Å². The standard InChI is InChI=1S/C13H14N2O2/c1-9-6-4-5-7-10(9)13(16)12-11(17-3)8-14-15(12)2/h4-8H,1-3H3. The first-order valence-electron chi connectivity index (χ1n) is 5.31. The van der Waals surface area contributed by atoms with E-state index in [1.807, 2.05) is 31.2 Å². The Balaban J connectivity index is 2.51. The van der Waals surface area contributed by atoms with Crippen LogP contribution in [-0.2, 0) is 7.05 Å². The number of rotatable bonds is 3. The molecule has 0 amide bonds. The second kappa shape index (κ2) is 4.41. The number of aryl methyl sites for hydroxylation is 2. The maximum Gasteiger partial charge on any atom is 0.215 e. The fraction of sp³-hybridized carbons (Fsp3) is 0.231. The molecule has 1 aromatic carbocycles.